The standard InChI is InChI=1S/C27H29N3O3/c1-4-18-13-22(20-6-5-10-28-23(20)14-18)27(8-9-27)29-26(32)21-15-25(24(31)12-17(21)2)33-16-19-7-11-30(19)3/h4-6,10,12-15,19,31H,1,7-9,11,16H2,2-3H3,(H,29,32)/t19-/m0/s1. The second-order valence-corrected chi connectivity index (χ2v) is 9.25. The van der Waals surface area contributed by atoms with Crippen LogP contribution in [0.3, 0.4) is 0 Å². The molecule has 1 saturated carbocycles. The molecule has 2 aliphatic rings. The zero-order chi connectivity index (χ0) is 23.2. The number of nitrogens with one attached hydrogen (secondary N) is 1. The number of aromatic nitrogens is 1. The number of aryl methyl sites for hydroxylation is 1. The quantitative estimate of drug-likeness (QED) is 0.566. The largest absolute Gasteiger partial charge is 0.504 e. The van der Waals surface area contributed by atoms with Crippen molar-refractivity contribution >= 4 is 22.9 Å². The van der Waals surface area contributed by atoms with Crippen LogP contribution in [0.5, 0.6) is 11.5 Å². The van der Waals surface area contributed by atoms with E-state index in [2.05, 4.69) is 34.9 Å². The maximum absolute atomic E-state index is 13.4. The molecule has 6 heteroatoms. The second kappa shape index (κ2) is 8.19. The smallest absolute Gasteiger partial charge is 0.252 e. The number of ether oxygens (including phenoxy) is 1. The summed E-state index contributed by atoms with van der Waals surface area (Å²) in [5, 5.41) is 14.7. The van der Waals surface area contributed by atoms with Crippen LogP contribution in [-0.2, 0) is 5.54 Å². The Hall–Kier alpha value is -3.38. The fourth-order valence-electron chi connectivity index (χ4n) is 4.59. The topological polar surface area (TPSA) is 74.7 Å². The van der Waals surface area contributed by atoms with Crippen molar-refractivity contribution < 1.29 is 14.6 Å². The molecule has 2 fully saturated rings. The third-order valence-corrected chi connectivity index (χ3v) is 7.02. The van der Waals surface area contributed by atoms with Gasteiger partial charge in [-0.25, -0.2) is 0 Å². The number of likely N-dealkylation sites (tertiary alicyclic amines) is 1. The molecule has 0 unspecified atom stereocenters. The Kier molecular flexibility index (Phi) is 5.33. The predicted octanol–water partition coefficient (Wildman–Crippen LogP) is 4.39. The van der Waals surface area contributed by atoms with Gasteiger partial charge in [0.15, 0.2) is 11.5 Å². The molecule has 3 aromatic rings. The van der Waals surface area contributed by atoms with Crippen molar-refractivity contribution in [2.75, 3.05) is 20.2 Å². The van der Waals surface area contributed by atoms with Gasteiger partial charge in [0.1, 0.15) is 6.61 Å². The molecule has 2 heterocycles. The molecule has 1 saturated heterocycles. The lowest BCUT2D eigenvalue weighted by Crippen LogP contribution is -2.48. The van der Waals surface area contributed by atoms with Crippen molar-refractivity contribution in [1.29, 1.82) is 0 Å². The van der Waals surface area contributed by atoms with Crippen LogP contribution in [-0.4, -0.2) is 47.1 Å². The number of likely N-dealkylation sites (N-methyl/N-ethyl adjacent to an activating group) is 1. The first-order valence-electron chi connectivity index (χ1n) is 11.4. The van der Waals surface area contributed by atoms with Crippen LogP contribution in [0.4, 0.5) is 0 Å². The van der Waals surface area contributed by atoms with Gasteiger partial charge in [0.05, 0.1) is 11.1 Å². The molecular weight excluding hydrogens is 414 g/mol. The van der Waals surface area contributed by atoms with Gasteiger partial charge in [-0.15, -0.1) is 0 Å². The van der Waals surface area contributed by atoms with Crippen molar-refractivity contribution in [3.8, 4) is 11.5 Å². The highest BCUT2D eigenvalue weighted by atomic mass is 16.5. The minimum Gasteiger partial charge on any atom is -0.504 e. The third kappa shape index (κ3) is 3.95. The molecule has 1 aromatic heterocycles. The van der Waals surface area contributed by atoms with Crippen molar-refractivity contribution in [2.24, 2.45) is 0 Å². The van der Waals surface area contributed by atoms with E-state index in [1.165, 1.54) is 0 Å². The number of nitrogens with zero attached hydrogens (tertiary/aromatic N) is 2. The van der Waals surface area contributed by atoms with E-state index in [1.54, 1.807) is 18.3 Å². The van der Waals surface area contributed by atoms with Gasteiger partial charge < -0.3 is 15.2 Å². The van der Waals surface area contributed by atoms with E-state index in [4.69, 9.17) is 4.74 Å². The van der Waals surface area contributed by atoms with Crippen molar-refractivity contribution in [3.05, 3.63) is 71.4 Å². The summed E-state index contributed by atoms with van der Waals surface area (Å²) in [6, 6.07) is 11.7. The van der Waals surface area contributed by atoms with E-state index >= 15 is 0 Å². The van der Waals surface area contributed by atoms with Crippen LogP contribution < -0.4 is 10.1 Å². The van der Waals surface area contributed by atoms with E-state index in [0.717, 1.165) is 47.8 Å². The first-order valence-corrected chi connectivity index (χ1v) is 11.4. The van der Waals surface area contributed by atoms with Gasteiger partial charge in [0, 0.05) is 23.2 Å². The highest BCUT2D eigenvalue weighted by Gasteiger charge is 2.47. The lowest BCUT2D eigenvalue weighted by molar-refractivity contribution is 0.0756. The molecule has 1 aliphatic heterocycles. The SMILES string of the molecule is C=Cc1cc(C2(NC(=O)c3cc(OC[C@@H]4CCN4C)c(O)cc3C)CC2)c2cccnc2c1. The number of rotatable bonds is 7. The number of carbonyl (C=O) groups is 1. The van der Waals surface area contributed by atoms with Gasteiger partial charge >= 0.3 is 0 Å². The van der Waals surface area contributed by atoms with Crippen LogP contribution in [0.25, 0.3) is 17.0 Å². The fraction of sp³-hybridized carbons (Fsp3) is 0.333. The molecule has 1 amide bonds. The van der Waals surface area contributed by atoms with Crippen LogP contribution >= 0.6 is 0 Å². The molecule has 1 atom stereocenters. The Labute approximate surface area is 193 Å². The molecule has 6 nitrogen and oxygen atoms in total. The van der Waals surface area contributed by atoms with Crippen molar-refractivity contribution in [3.63, 3.8) is 0 Å². The zero-order valence-corrected chi connectivity index (χ0v) is 19.1. The molecule has 0 bridgehead atoms. The summed E-state index contributed by atoms with van der Waals surface area (Å²) in [4.78, 5) is 20.1. The van der Waals surface area contributed by atoms with E-state index in [1.807, 2.05) is 31.2 Å². The summed E-state index contributed by atoms with van der Waals surface area (Å²) in [6.07, 6.45) is 6.38. The summed E-state index contributed by atoms with van der Waals surface area (Å²) in [5.74, 6) is 0.235. The van der Waals surface area contributed by atoms with Crippen molar-refractivity contribution in [2.45, 2.75) is 37.8 Å². The lowest BCUT2D eigenvalue weighted by atomic mass is 9.95. The van der Waals surface area contributed by atoms with Crippen LogP contribution in [0, 0.1) is 6.92 Å². The molecule has 0 spiro atoms. The average Bonchev–Trinajstić information content (AvgIpc) is 3.58. The van der Waals surface area contributed by atoms with Crippen LogP contribution in [0.1, 0.15) is 46.3 Å². The van der Waals surface area contributed by atoms with E-state index < -0.39 is 5.54 Å². The minimum absolute atomic E-state index is 0.0583. The van der Waals surface area contributed by atoms with E-state index in [-0.39, 0.29) is 11.7 Å². The number of hydrogen-bond acceptors (Lipinski definition) is 5. The lowest BCUT2D eigenvalue weighted by Gasteiger charge is -2.37. The van der Waals surface area contributed by atoms with Gasteiger partial charge in [0.25, 0.3) is 5.91 Å². The van der Waals surface area contributed by atoms with Gasteiger partial charge in [-0.2, -0.15) is 0 Å². The maximum atomic E-state index is 13.4. The second-order valence-electron chi connectivity index (χ2n) is 9.25. The van der Waals surface area contributed by atoms with Gasteiger partial charge in [-0.05, 0) is 86.8 Å². The molecule has 1 aliphatic carbocycles. The molecule has 33 heavy (non-hydrogen) atoms. The van der Waals surface area contributed by atoms with Gasteiger partial charge in [-0.3, -0.25) is 14.7 Å². The maximum Gasteiger partial charge on any atom is 0.252 e. The number of amides is 1. The summed E-state index contributed by atoms with van der Waals surface area (Å²) in [5.41, 5.74) is 3.73. The van der Waals surface area contributed by atoms with Crippen molar-refractivity contribution in [1.82, 2.24) is 15.2 Å². The molecule has 170 valence electrons. The number of hydrogen-bond donors (Lipinski definition) is 2. The number of benzene rings is 2. The Morgan fingerprint density at radius 2 is 2.18 bits per heavy atom. The predicted molar refractivity (Wildman–Crippen MR) is 130 cm³/mol. The summed E-state index contributed by atoms with van der Waals surface area (Å²) >= 11 is 0. The normalized spacial score (nSPS) is 19.0. The highest BCUT2D eigenvalue weighted by molar-refractivity contribution is 5.98. The van der Waals surface area contributed by atoms with Gasteiger partial charge in [0.2, 0.25) is 0 Å². The summed E-state index contributed by atoms with van der Waals surface area (Å²) < 4.78 is 5.88. The third-order valence-electron chi connectivity index (χ3n) is 7.02. The summed E-state index contributed by atoms with van der Waals surface area (Å²) in [6.45, 7) is 7.29. The molecule has 0 radical (unpaired) electrons. The Bertz CT molecular complexity index is 1250. The number of phenolic OH excluding ortho intramolecular Hbond substituents is 1. The zero-order valence-electron chi connectivity index (χ0n) is 19.1. The monoisotopic (exact) mass is 443 g/mol. The molecule has 2 N–H and O–H groups in total. The molecule has 2 aromatic carbocycles. The first kappa shape index (κ1) is 21.5. The minimum atomic E-state index is -0.433. The fourth-order valence-corrected chi connectivity index (χ4v) is 4.59. The van der Waals surface area contributed by atoms with Gasteiger partial charge in [-0.1, -0.05) is 18.7 Å². The van der Waals surface area contributed by atoms with Crippen LogP contribution in [0.2, 0.25) is 0 Å². The van der Waals surface area contributed by atoms with E-state index in [0.29, 0.717) is 29.5 Å². The van der Waals surface area contributed by atoms with E-state index in [9.17, 15) is 9.90 Å². The first-order chi connectivity index (χ1) is 15.9. The summed E-state index contributed by atoms with van der Waals surface area (Å²) in [7, 11) is 2.06. The highest BCUT2D eigenvalue weighted by Crippen LogP contribution is 2.48. The number of fused-ring (bicyclic) bond motifs is 1. The number of carbonyl (C=O) groups excluding carboxylic acids is 1. The number of pyridine rings is 1. The Morgan fingerprint density at radius 1 is 1.36 bits per heavy atom. The Balaban J connectivity index is 1.42. The number of aromatic hydroxyl groups is 1. The molecular formula is C27H29N3O3. The number of phenols is 1. The average molecular weight is 444 g/mol. The van der Waals surface area contributed by atoms with Crippen LogP contribution in [0.15, 0.2) is 49.2 Å². The molecule has 5 rings (SSSR count). The Morgan fingerprint density at radius 3 is 2.85 bits per heavy atom.